The predicted molar refractivity (Wildman–Crippen MR) is 148 cm³/mol. The fourth-order valence-electron chi connectivity index (χ4n) is 4.16. The number of aryl methyl sites for hydroxylation is 1. The van der Waals surface area contributed by atoms with Crippen molar-refractivity contribution in [2.45, 2.75) is 98.4 Å². The van der Waals surface area contributed by atoms with Gasteiger partial charge in [0.2, 0.25) is 0 Å². The molecular formula is C29H46N4O3. The van der Waals surface area contributed by atoms with Crippen LogP contribution < -0.4 is 5.73 Å². The number of nitrogens with zero attached hydrogens (tertiary/aromatic N) is 3. The Labute approximate surface area is 217 Å². The SMILES string of the molecule is C=C(C)N=C(N)c1ncn(C2CCCC(C(=O)O)C2)c1C.CCCCCCC.Cc1ccc(O)cc1. The monoisotopic (exact) mass is 498 g/mol. The zero-order valence-corrected chi connectivity index (χ0v) is 22.8. The molecule has 4 N–H and O–H groups in total. The number of hydrogen-bond donors (Lipinski definition) is 3. The average molecular weight is 499 g/mol. The van der Waals surface area contributed by atoms with Gasteiger partial charge in [0.25, 0.3) is 0 Å². The Morgan fingerprint density at radius 2 is 1.75 bits per heavy atom. The van der Waals surface area contributed by atoms with Gasteiger partial charge in [-0.05, 0) is 52.2 Å². The molecule has 3 rings (SSSR count). The van der Waals surface area contributed by atoms with Crippen LogP contribution in [-0.4, -0.2) is 31.6 Å². The summed E-state index contributed by atoms with van der Waals surface area (Å²) in [5.41, 5.74) is 9.31. The summed E-state index contributed by atoms with van der Waals surface area (Å²) in [6.45, 7) is 13.9. The van der Waals surface area contributed by atoms with Crippen molar-refractivity contribution in [2.24, 2.45) is 16.6 Å². The maximum Gasteiger partial charge on any atom is 0.306 e. The Kier molecular flexibility index (Phi) is 14.2. The maximum absolute atomic E-state index is 11.2. The van der Waals surface area contributed by atoms with Crippen molar-refractivity contribution in [3.63, 3.8) is 0 Å². The molecule has 0 spiro atoms. The van der Waals surface area contributed by atoms with E-state index in [0.717, 1.165) is 25.0 Å². The van der Waals surface area contributed by atoms with E-state index in [9.17, 15) is 9.90 Å². The molecule has 2 atom stereocenters. The van der Waals surface area contributed by atoms with Crippen molar-refractivity contribution >= 4 is 11.8 Å². The molecule has 2 aromatic rings. The molecule has 1 aromatic carbocycles. The standard InChI is InChI=1S/C15H22N4O2.C7H8O.C7H16/c1-9(2)18-14(16)13-10(3)19(8-17-13)12-6-4-5-11(7-12)15(20)21;1-6-2-4-7(8)5-3-6;1-3-5-7-6-4-2/h8,11-12H,1,4-7H2,2-3H3,(H2,16,18)(H,20,21);2-5,8H,1H3;3-7H2,1-2H3. The Morgan fingerprint density at radius 3 is 2.25 bits per heavy atom. The highest BCUT2D eigenvalue weighted by Crippen LogP contribution is 2.33. The molecule has 1 fully saturated rings. The van der Waals surface area contributed by atoms with Crippen molar-refractivity contribution in [3.8, 4) is 5.75 Å². The Hall–Kier alpha value is -3.09. The van der Waals surface area contributed by atoms with Gasteiger partial charge in [0, 0.05) is 17.4 Å². The van der Waals surface area contributed by atoms with Crippen LogP contribution in [0.2, 0.25) is 0 Å². The third kappa shape index (κ3) is 11.1. The van der Waals surface area contributed by atoms with Gasteiger partial charge in [-0.15, -0.1) is 0 Å². The third-order valence-electron chi connectivity index (χ3n) is 6.23. The zero-order chi connectivity index (χ0) is 27.1. The number of amidine groups is 1. The average Bonchev–Trinajstić information content (AvgIpc) is 3.23. The molecule has 0 saturated heterocycles. The zero-order valence-electron chi connectivity index (χ0n) is 22.8. The van der Waals surface area contributed by atoms with Crippen molar-refractivity contribution < 1.29 is 15.0 Å². The Morgan fingerprint density at radius 1 is 1.14 bits per heavy atom. The topological polar surface area (TPSA) is 114 Å². The third-order valence-corrected chi connectivity index (χ3v) is 6.23. The van der Waals surface area contributed by atoms with Gasteiger partial charge in [-0.3, -0.25) is 4.79 Å². The quantitative estimate of drug-likeness (QED) is 0.207. The normalized spacial score (nSPS) is 17.3. The lowest BCUT2D eigenvalue weighted by atomic mass is 9.85. The number of aliphatic imine (C=N–C) groups is 1. The van der Waals surface area contributed by atoms with Gasteiger partial charge in [0.1, 0.15) is 11.4 Å². The number of carbonyl (C=O) groups is 1. The minimum atomic E-state index is -0.707. The number of rotatable bonds is 8. The number of allylic oxidation sites excluding steroid dienone is 1. The van der Waals surface area contributed by atoms with E-state index in [1.165, 1.54) is 37.7 Å². The molecule has 2 unspecified atom stereocenters. The molecule has 0 radical (unpaired) electrons. The number of nitrogens with two attached hydrogens (primary N) is 1. The van der Waals surface area contributed by atoms with Crippen LogP contribution >= 0.6 is 0 Å². The first-order valence-electron chi connectivity index (χ1n) is 13.1. The number of benzene rings is 1. The summed E-state index contributed by atoms with van der Waals surface area (Å²) in [6, 6.07) is 7.26. The van der Waals surface area contributed by atoms with E-state index in [4.69, 9.17) is 10.8 Å². The lowest BCUT2D eigenvalue weighted by Gasteiger charge is -2.28. The van der Waals surface area contributed by atoms with Crippen LogP contribution in [0.25, 0.3) is 0 Å². The lowest BCUT2D eigenvalue weighted by Crippen LogP contribution is -2.25. The summed E-state index contributed by atoms with van der Waals surface area (Å²) in [4.78, 5) is 19.6. The van der Waals surface area contributed by atoms with Gasteiger partial charge in [0.15, 0.2) is 5.84 Å². The Bertz CT molecular complexity index is 938. The van der Waals surface area contributed by atoms with Gasteiger partial charge in [-0.1, -0.05) is 76.6 Å². The lowest BCUT2D eigenvalue weighted by molar-refractivity contribution is -0.143. The van der Waals surface area contributed by atoms with Crippen LogP contribution in [0.1, 0.15) is 102 Å². The van der Waals surface area contributed by atoms with E-state index in [2.05, 4.69) is 30.4 Å². The molecule has 1 aromatic heterocycles. The molecule has 1 aliphatic rings. The minimum absolute atomic E-state index is 0.165. The number of aliphatic carboxylic acids is 1. The molecular weight excluding hydrogens is 452 g/mol. The van der Waals surface area contributed by atoms with E-state index < -0.39 is 5.97 Å². The number of carboxylic acid groups (broad SMARTS) is 1. The van der Waals surface area contributed by atoms with Crippen molar-refractivity contribution in [1.29, 1.82) is 0 Å². The van der Waals surface area contributed by atoms with Crippen molar-refractivity contribution in [1.82, 2.24) is 9.55 Å². The second-order valence-corrected chi connectivity index (χ2v) is 9.57. The molecule has 7 heteroatoms. The number of imidazole rings is 1. The van der Waals surface area contributed by atoms with Crippen LogP contribution in [0.15, 0.2) is 47.9 Å². The van der Waals surface area contributed by atoms with Gasteiger partial charge in [-0.25, -0.2) is 9.98 Å². The smallest absolute Gasteiger partial charge is 0.306 e. The summed E-state index contributed by atoms with van der Waals surface area (Å²) < 4.78 is 2.03. The van der Waals surface area contributed by atoms with E-state index in [1.54, 1.807) is 25.4 Å². The summed E-state index contributed by atoms with van der Waals surface area (Å²) in [6.07, 6.45) is 12.0. The van der Waals surface area contributed by atoms with Gasteiger partial charge in [-0.2, -0.15) is 0 Å². The second kappa shape index (κ2) is 16.6. The van der Waals surface area contributed by atoms with E-state index in [0.29, 0.717) is 29.4 Å². The van der Waals surface area contributed by atoms with E-state index >= 15 is 0 Å². The summed E-state index contributed by atoms with van der Waals surface area (Å²) in [7, 11) is 0. The highest BCUT2D eigenvalue weighted by Gasteiger charge is 2.29. The predicted octanol–water partition coefficient (Wildman–Crippen LogP) is 6.92. The molecule has 0 aliphatic heterocycles. The highest BCUT2D eigenvalue weighted by molar-refractivity contribution is 5.97. The van der Waals surface area contributed by atoms with Crippen LogP contribution in [-0.2, 0) is 4.79 Å². The number of phenolic OH excluding ortho intramolecular Hbond substituents is 1. The maximum atomic E-state index is 11.2. The number of aromatic hydroxyl groups is 1. The number of hydrogen-bond acceptors (Lipinski definition) is 4. The van der Waals surface area contributed by atoms with Crippen LogP contribution in [0.3, 0.4) is 0 Å². The van der Waals surface area contributed by atoms with Crippen molar-refractivity contribution in [3.05, 3.63) is 59.8 Å². The first-order chi connectivity index (χ1) is 17.1. The number of phenols is 1. The molecule has 0 bridgehead atoms. The second-order valence-electron chi connectivity index (χ2n) is 9.57. The van der Waals surface area contributed by atoms with E-state index in [-0.39, 0.29) is 12.0 Å². The van der Waals surface area contributed by atoms with Crippen LogP contribution in [0.5, 0.6) is 5.75 Å². The summed E-state index contributed by atoms with van der Waals surface area (Å²) in [5, 5.41) is 17.9. The highest BCUT2D eigenvalue weighted by atomic mass is 16.4. The van der Waals surface area contributed by atoms with Crippen LogP contribution in [0, 0.1) is 19.8 Å². The number of unbranched alkanes of at least 4 members (excludes halogenated alkanes) is 4. The number of carboxylic acids is 1. The van der Waals surface area contributed by atoms with Crippen LogP contribution in [0.4, 0.5) is 0 Å². The Balaban J connectivity index is 0.000000353. The molecule has 200 valence electrons. The van der Waals surface area contributed by atoms with Gasteiger partial charge < -0.3 is 20.5 Å². The van der Waals surface area contributed by atoms with Gasteiger partial charge in [0.05, 0.1) is 12.2 Å². The minimum Gasteiger partial charge on any atom is -0.508 e. The first-order valence-corrected chi connectivity index (χ1v) is 13.1. The fraction of sp³-hybridized carbons (Fsp3) is 0.552. The summed E-state index contributed by atoms with van der Waals surface area (Å²) >= 11 is 0. The molecule has 1 heterocycles. The van der Waals surface area contributed by atoms with Gasteiger partial charge >= 0.3 is 5.97 Å². The fourth-order valence-corrected chi connectivity index (χ4v) is 4.16. The van der Waals surface area contributed by atoms with E-state index in [1.807, 2.05) is 30.5 Å². The molecule has 1 saturated carbocycles. The number of aromatic nitrogens is 2. The molecule has 0 amide bonds. The molecule has 36 heavy (non-hydrogen) atoms. The molecule has 1 aliphatic carbocycles. The largest absolute Gasteiger partial charge is 0.508 e. The summed E-state index contributed by atoms with van der Waals surface area (Å²) in [5.74, 6) is -0.295. The molecule has 7 nitrogen and oxygen atoms in total. The first kappa shape index (κ1) is 30.9. The van der Waals surface area contributed by atoms with Crippen molar-refractivity contribution in [2.75, 3.05) is 0 Å².